The van der Waals surface area contributed by atoms with Crippen LogP contribution in [0.3, 0.4) is 0 Å². The number of piperazine rings is 1. The number of nitriles is 1. The highest BCUT2D eigenvalue weighted by atomic mass is 32.2. The molecular weight excluding hydrogens is 458 g/mol. The molecule has 1 amide bonds. The number of carbonyl (C=O) groups excluding carboxylic acids is 1. The first-order valence-electron chi connectivity index (χ1n) is 10.8. The Labute approximate surface area is 200 Å². The second-order valence-electron chi connectivity index (χ2n) is 9.18. The molecular formula is C23H29N5O5S. The Morgan fingerprint density at radius 3 is 2.47 bits per heavy atom. The second kappa shape index (κ2) is 9.85. The summed E-state index contributed by atoms with van der Waals surface area (Å²) in [7, 11) is -3.40. The summed E-state index contributed by atoms with van der Waals surface area (Å²) in [6.07, 6.45) is 3.86. The van der Waals surface area contributed by atoms with E-state index in [4.69, 9.17) is 9.47 Å². The highest BCUT2D eigenvalue weighted by Crippen LogP contribution is 2.21. The van der Waals surface area contributed by atoms with Crippen molar-refractivity contribution in [1.82, 2.24) is 14.9 Å². The van der Waals surface area contributed by atoms with E-state index in [-0.39, 0.29) is 29.2 Å². The van der Waals surface area contributed by atoms with Crippen LogP contribution in [-0.2, 0) is 21.2 Å². The van der Waals surface area contributed by atoms with E-state index in [1.807, 2.05) is 38.7 Å². The van der Waals surface area contributed by atoms with Crippen molar-refractivity contribution in [3.8, 4) is 11.8 Å². The third kappa shape index (κ3) is 6.35. The van der Waals surface area contributed by atoms with E-state index in [9.17, 15) is 18.5 Å². The third-order valence-corrected chi connectivity index (χ3v) is 6.29. The van der Waals surface area contributed by atoms with Gasteiger partial charge in [0.25, 0.3) is 0 Å². The maximum atomic E-state index is 12.3. The normalized spacial score (nSPS) is 16.6. The van der Waals surface area contributed by atoms with Crippen LogP contribution in [0.1, 0.15) is 38.8 Å². The quantitative estimate of drug-likeness (QED) is 0.626. The first kappa shape index (κ1) is 25.2. The van der Waals surface area contributed by atoms with Gasteiger partial charge in [0.05, 0.1) is 28.9 Å². The lowest BCUT2D eigenvalue weighted by Crippen LogP contribution is -2.55. The maximum Gasteiger partial charge on any atom is 0.410 e. The van der Waals surface area contributed by atoms with Crippen LogP contribution in [0.5, 0.6) is 5.75 Å². The van der Waals surface area contributed by atoms with Gasteiger partial charge in [0, 0.05) is 37.5 Å². The predicted molar refractivity (Wildman–Crippen MR) is 125 cm³/mol. The van der Waals surface area contributed by atoms with E-state index in [2.05, 4.69) is 9.97 Å². The highest BCUT2D eigenvalue weighted by Gasteiger charge is 2.31. The largest absolute Gasteiger partial charge is 0.486 e. The molecule has 0 aliphatic carbocycles. The molecule has 1 saturated heterocycles. The van der Waals surface area contributed by atoms with E-state index >= 15 is 0 Å². The molecule has 1 aromatic heterocycles. The number of nitrogens with zero attached hydrogens (tertiary/aromatic N) is 5. The molecule has 1 fully saturated rings. The molecule has 0 bridgehead atoms. The molecule has 1 aliphatic rings. The number of carbonyl (C=O) groups is 1. The van der Waals surface area contributed by atoms with Crippen molar-refractivity contribution in [3.05, 3.63) is 41.7 Å². The molecule has 0 spiro atoms. The summed E-state index contributed by atoms with van der Waals surface area (Å²) in [5.41, 5.74) is 0.253. The van der Waals surface area contributed by atoms with Gasteiger partial charge in [-0.3, -0.25) is 0 Å². The van der Waals surface area contributed by atoms with Gasteiger partial charge < -0.3 is 19.3 Å². The van der Waals surface area contributed by atoms with E-state index in [1.165, 1.54) is 12.1 Å². The fraction of sp³-hybridized carbons (Fsp3) is 0.478. The van der Waals surface area contributed by atoms with Gasteiger partial charge in [-0.25, -0.2) is 23.2 Å². The summed E-state index contributed by atoms with van der Waals surface area (Å²) < 4.78 is 34.6. The Morgan fingerprint density at radius 2 is 1.91 bits per heavy atom. The molecule has 2 aromatic rings. The van der Waals surface area contributed by atoms with Crippen LogP contribution in [0.25, 0.3) is 0 Å². The summed E-state index contributed by atoms with van der Waals surface area (Å²) in [5.74, 6) is 0.943. The van der Waals surface area contributed by atoms with Gasteiger partial charge in [-0.2, -0.15) is 5.26 Å². The van der Waals surface area contributed by atoms with Gasteiger partial charge in [-0.15, -0.1) is 0 Å². The number of amides is 1. The fourth-order valence-electron chi connectivity index (χ4n) is 3.46. The molecule has 3 rings (SSSR count). The third-order valence-electron chi connectivity index (χ3n) is 5.17. The number of rotatable bonds is 5. The van der Waals surface area contributed by atoms with Crippen molar-refractivity contribution < 1.29 is 22.7 Å². The summed E-state index contributed by atoms with van der Waals surface area (Å²) >= 11 is 0. The molecule has 2 heterocycles. The monoisotopic (exact) mass is 487 g/mol. The molecule has 10 nitrogen and oxygen atoms in total. The number of hydrogen-bond donors (Lipinski definition) is 0. The number of sulfone groups is 1. The lowest BCUT2D eigenvalue weighted by molar-refractivity contribution is 0.0218. The van der Waals surface area contributed by atoms with Crippen molar-refractivity contribution in [2.24, 2.45) is 0 Å². The average Bonchev–Trinajstić information content (AvgIpc) is 2.76. The van der Waals surface area contributed by atoms with Crippen LogP contribution >= 0.6 is 0 Å². The zero-order valence-electron chi connectivity index (χ0n) is 20.0. The molecule has 0 unspecified atom stereocenters. The van der Waals surface area contributed by atoms with Crippen molar-refractivity contribution in [2.45, 2.75) is 50.8 Å². The zero-order valence-corrected chi connectivity index (χ0v) is 20.8. The van der Waals surface area contributed by atoms with Gasteiger partial charge in [0.15, 0.2) is 15.6 Å². The summed E-state index contributed by atoms with van der Waals surface area (Å²) in [4.78, 5) is 24.9. The standard InChI is InChI=1S/C23H29N5O5S/c1-16-14-27(22(29)33-23(2,3)4)8-9-28(16)21-25-12-19(13-26-21)32-15-17-6-7-20(34(5,30)31)10-18(17)11-24/h6-7,10,12-13,16H,8-9,14-15H2,1-5H3/t16-/m1/s1. The fourth-order valence-corrected chi connectivity index (χ4v) is 4.10. The average molecular weight is 488 g/mol. The minimum atomic E-state index is -3.40. The van der Waals surface area contributed by atoms with Crippen LogP contribution < -0.4 is 9.64 Å². The Hall–Kier alpha value is -3.39. The second-order valence-corrected chi connectivity index (χ2v) is 11.2. The minimum absolute atomic E-state index is 0.000387. The SMILES string of the molecule is C[C@@H]1CN(C(=O)OC(C)(C)C)CCN1c1ncc(OCc2ccc(S(C)(=O)=O)cc2C#N)cn1. The van der Waals surface area contributed by atoms with Gasteiger partial charge in [-0.05, 0) is 39.8 Å². The molecule has 1 aliphatic heterocycles. The molecule has 0 saturated carbocycles. The van der Waals surface area contributed by atoms with Gasteiger partial charge in [0.2, 0.25) is 5.95 Å². The Bertz CT molecular complexity index is 1190. The lowest BCUT2D eigenvalue weighted by atomic mass is 10.1. The Kier molecular flexibility index (Phi) is 7.31. The summed E-state index contributed by atoms with van der Waals surface area (Å²) in [5, 5.41) is 9.36. The number of aromatic nitrogens is 2. The van der Waals surface area contributed by atoms with Crippen molar-refractivity contribution in [2.75, 3.05) is 30.8 Å². The number of ether oxygens (including phenoxy) is 2. The highest BCUT2D eigenvalue weighted by molar-refractivity contribution is 7.90. The van der Waals surface area contributed by atoms with Crippen molar-refractivity contribution >= 4 is 21.9 Å². The van der Waals surface area contributed by atoms with Crippen LogP contribution in [-0.4, -0.2) is 66.9 Å². The van der Waals surface area contributed by atoms with E-state index < -0.39 is 15.4 Å². The zero-order chi connectivity index (χ0) is 25.1. The van der Waals surface area contributed by atoms with Crippen LogP contribution in [0.2, 0.25) is 0 Å². The molecule has 34 heavy (non-hydrogen) atoms. The van der Waals surface area contributed by atoms with Gasteiger partial charge in [0.1, 0.15) is 12.2 Å². The van der Waals surface area contributed by atoms with Crippen LogP contribution in [0.4, 0.5) is 10.7 Å². The smallest absolute Gasteiger partial charge is 0.410 e. The maximum absolute atomic E-state index is 12.3. The molecule has 182 valence electrons. The van der Waals surface area contributed by atoms with E-state index in [0.29, 0.717) is 36.9 Å². The van der Waals surface area contributed by atoms with Crippen LogP contribution in [0, 0.1) is 11.3 Å². The lowest BCUT2D eigenvalue weighted by Gasteiger charge is -2.40. The van der Waals surface area contributed by atoms with Crippen molar-refractivity contribution in [3.63, 3.8) is 0 Å². The topological polar surface area (TPSA) is 126 Å². The summed E-state index contributed by atoms with van der Waals surface area (Å²) in [6, 6.07) is 6.36. The predicted octanol–water partition coefficient (Wildman–Crippen LogP) is 2.78. The molecule has 0 radical (unpaired) electrons. The van der Waals surface area contributed by atoms with E-state index in [0.717, 1.165) is 6.26 Å². The molecule has 1 atom stereocenters. The number of benzene rings is 1. The van der Waals surface area contributed by atoms with Gasteiger partial charge >= 0.3 is 6.09 Å². The Morgan fingerprint density at radius 1 is 1.24 bits per heavy atom. The molecule has 11 heteroatoms. The first-order chi connectivity index (χ1) is 15.9. The minimum Gasteiger partial charge on any atom is -0.486 e. The van der Waals surface area contributed by atoms with Crippen molar-refractivity contribution in [1.29, 1.82) is 5.26 Å². The molecule has 0 N–H and O–H groups in total. The first-order valence-corrected chi connectivity index (χ1v) is 12.7. The number of hydrogen-bond acceptors (Lipinski definition) is 9. The van der Waals surface area contributed by atoms with E-state index in [1.54, 1.807) is 23.4 Å². The molecule has 1 aromatic carbocycles. The van der Waals surface area contributed by atoms with Crippen LogP contribution in [0.15, 0.2) is 35.5 Å². The summed E-state index contributed by atoms with van der Waals surface area (Å²) in [6.45, 7) is 9.15. The number of anilines is 1. The van der Waals surface area contributed by atoms with Gasteiger partial charge in [-0.1, -0.05) is 6.07 Å². The Balaban J connectivity index is 1.61.